The summed E-state index contributed by atoms with van der Waals surface area (Å²) < 4.78 is 17.4. The van der Waals surface area contributed by atoms with Crippen LogP contribution in [0.1, 0.15) is 48.0 Å². The number of anilines is 2. The van der Waals surface area contributed by atoms with Crippen LogP contribution in [0.4, 0.5) is 15.9 Å². The molecule has 2 aromatic heterocycles. The number of likely N-dealkylation sites (tertiary alicyclic amines) is 1. The van der Waals surface area contributed by atoms with Gasteiger partial charge in [0.05, 0.1) is 10.6 Å². The molecule has 1 amide bonds. The Bertz CT molecular complexity index is 1290. The number of nitrogen functional groups attached to an aromatic ring is 1. The Morgan fingerprint density at radius 2 is 1.92 bits per heavy atom. The summed E-state index contributed by atoms with van der Waals surface area (Å²) in [6, 6.07) is 5.07. The number of piperidine rings is 1. The second-order valence-corrected chi connectivity index (χ2v) is 10.0. The average Bonchev–Trinajstić information content (AvgIpc) is 3.64. The van der Waals surface area contributed by atoms with Crippen LogP contribution in [0.25, 0.3) is 11.1 Å². The summed E-state index contributed by atoms with van der Waals surface area (Å²) in [6.07, 6.45) is 14.2. The summed E-state index contributed by atoms with van der Waals surface area (Å²) in [5, 5.41) is 7.67. The molecule has 6 rings (SSSR count). The third kappa shape index (κ3) is 4.34. The number of carbonyl (C=O) groups is 1. The first-order valence-corrected chi connectivity index (χ1v) is 12.7. The predicted octanol–water partition coefficient (Wildman–Crippen LogP) is 5.18. The van der Waals surface area contributed by atoms with Crippen molar-refractivity contribution in [3.05, 3.63) is 70.9 Å². The van der Waals surface area contributed by atoms with Crippen LogP contribution in [0.2, 0.25) is 5.02 Å². The Hall–Kier alpha value is -3.39. The van der Waals surface area contributed by atoms with Crippen molar-refractivity contribution >= 4 is 29.0 Å². The smallest absolute Gasteiger partial charge is 0.258 e. The molecular formula is C27H30ClFN6O. The summed E-state index contributed by atoms with van der Waals surface area (Å²) in [5.74, 6) is -0.221. The van der Waals surface area contributed by atoms with Crippen molar-refractivity contribution in [1.82, 2.24) is 19.7 Å². The van der Waals surface area contributed by atoms with Gasteiger partial charge in [0.2, 0.25) is 0 Å². The maximum Gasteiger partial charge on any atom is 0.258 e. The van der Waals surface area contributed by atoms with Gasteiger partial charge in [0.1, 0.15) is 11.6 Å². The number of pyridine rings is 1. The minimum Gasteiger partial charge on any atom is -0.398 e. The Morgan fingerprint density at radius 3 is 2.56 bits per heavy atom. The summed E-state index contributed by atoms with van der Waals surface area (Å²) in [4.78, 5) is 19.3. The summed E-state index contributed by atoms with van der Waals surface area (Å²) >= 11 is 6.85. The van der Waals surface area contributed by atoms with Crippen molar-refractivity contribution in [2.75, 3.05) is 30.7 Å². The zero-order chi connectivity index (χ0) is 25.3. The van der Waals surface area contributed by atoms with Crippen LogP contribution in [0.15, 0.2) is 48.9 Å². The Morgan fingerprint density at radius 1 is 1.17 bits per heavy atom. The van der Waals surface area contributed by atoms with E-state index in [1.165, 1.54) is 0 Å². The number of nitrogens with two attached hydrogens (primary N) is 1. The van der Waals surface area contributed by atoms with Gasteiger partial charge in [-0.15, -0.1) is 0 Å². The minimum absolute atomic E-state index is 0.0682. The number of fused-ring (bicyclic) bond motifs is 2. The molecule has 188 valence electrons. The summed E-state index contributed by atoms with van der Waals surface area (Å²) in [6.45, 7) is 2.02. The topological polar surface area (TPSA) is 89.1 Å². The summed E-state index contributed by atoms with van der Waals surface area (Å²) in [5.41, 5.74) is 7.69. The van der Waals surface area contributed by atoms with Crippen LogP contribution in [0.3, 0.4) is 0 Å². The predicted molar refractivity (Wildman–Crippen MR) is 141 cm³/mol. The first-order chi connectivity index (χ1) is 17.4. The van der Waals surface area contributed by atoms with E-state index in [4.69, 9.17) is 17.3 Å². The number of hydrogen-bond donors (Lipinski definition) is 2. The highest BCUT2D eigenvalue weighted by Gasteiger charge is 2.42. The van der Waals surface area contributed by atoms with E-state index in [0.717, 1.165) is 50.0 Å². The van der Waals surface area contributed by atoms with Gasteiger partial charge in [0.15, 0.2) is 0 Å². The monoisotopic (exact) mass is 508 g/mol. The molecule has 4 heterocycles. The van der Waals surface area contributed by atoms with Gasteiger partial charge < -0.3 is 16.0 Å². The minimum atomic E-state index is -0.626. The number of carbonyl (C=O) groups excluding carboxylic acids is 1. The maximum absolute atomic E-state index is 15.7. The molecule has 3 aromatic rings. The van der Waals surface area contributed by atoms with Gasteiger partial charge in [0.25, 0.3) is 5.91 Å². The zero-order valence-corrected chi connectivity index (χ0v) is 21.1. The van der Waals surface area contributed by atoms with Crippen molar-refractivity contribution in [1.29, 1.82) is 0 Å². The van der Waals surface area contributed by atoms with E-state index in [2.05, 4.69) is 27.6 Å². The molecule has 1 aliphatic carbocycles. The SMILES string of the molecule is Cn1cccn1.Nc1ccc(-c2cnc3c(c2Cl)C2(CC=CC2)CN3)c(F)c1C(=O)N1CCCCC1. The van der Waals surface area contributed by atoms with E-state index in [9.17, 15) is 4.79 Å². The molecular weight excluding hydrogens is 479 g/mol. The highest BCUT2D eigenvalue weighted by atomic mass is 35.5. The van der Waals surface area contributed by atoms with Crippen molar-refractivity contribution in [3.63, 3.8) is 0 Å². The van der Waals surface area contributed by atoms with Crippen molar-refractivity contribution in [2.24, 2.45) is 7.05 Å². The molecule has 1 fully saturated rings. The number of hydrogen-bond acceptors (Lipinski definition) is 5. The van der Waals surface area contributed by atoms with Crippen molar-refractivity contribution in [2.45, 2.75) is 37.5 Å². The van der Waals surface area contributed by atoms with Crippen molar-refractivity contribution < 1.29 is 9.18 Å². The third-order valence-electron chi connectivity index (χ3n) is 7.28. The van der Waals surface area contributed by atoms with Crippen LogP contribution in [-0.2, 0) is 12.5 Å². The molecule has 2 aliphatic heterocycles. The third-order valence-corrected chi connectivity index (χ3v) is 7.67. The fourth-order valence-corrected chi connectivity index (χ4v) is 5.74. The van der Waals surface area contributed by atoms with Gasteiger partial charge >= 0.3 is 0 Å². The van der Waals surface area contributed by atoms with Crippen molar-refractivity contribution in [3.8, 4) is 11.1 Å². The van der Waals surface area contributed by atoms with Crippen LogP contribution < -0.4 is 11.1 Å². The normalized spacial score (nSPS) is 17.5. The number of amides is 1. The molecule has 0 bridgehead atoms. The molecule has 0 atom stereocenters. The lowest BCUT2D eigenvalue weighted by Gasteiger charge is -2.28. The lowest BCUT2D eigenvalue weighted by atomic mass is 9.80. The first-order valence-electron chi connectivity index (χ1n) is 12.3. The highest BCUT2D eigenvalue weighted by molar-refractivity contribution is 6.34. The fourth-order valence-electron chi connectivity index (χ4n) is 5.30. The van der Waals surface area contributed by atoms with Gasteiger partial charge in [-0.1, -0.05) is 23.8 Å². The second kappa shape index (κ2) is 9.93. The quantitative estimate of drug-likeness (QED) is 0.367. The second-order valence-electron chi connectivity index (χ2n) is 9.65. The van der Waals surface area contributed by atoms with Crippen LogP contribution >= 0.6 is 11.6 Å². The van der Waals surface area contributed by atoms with E-state index in [1.807, 2.05) is 19.3 Å². The molecule has 1 spiro atoms. The number of rotatable bonds is 2. The van der Waals surface area contributed by atoms with E-state index in [-0.39, 0.29) is 28.1 Å². The molecule has 0 unspecified atom stereocenters. The standard InChI is InChI=1S/C23H24ClFN4O.C4H6N2/c24-19-15(12-27-21-18(19)23(13-28-21)8-2-3-9-23)14-6-7-16(26)17(20(14)25)22(30)29-10-4-1-5-11-29;1-6-4-2-3-5-6/h2-3,6-7,12H,1,4-5,8-11,13,26H2,(H,27,28);2-4H,1H3. The van der Waals surface area contributed by atoms with Crippen LogP contribution in [-0.4, -0.2) is 45.2 Å². The van der Waals surface area contributed by atoms with E-state index in [0.29, 0.717) is 23.7 Å². The first kappa shape index (κ1) is 24.3. The number of aryl methyl sites for hydroxylation is 1. The van der Waals surface area contributed by atoms with E-state index < -0.39 is 5.82 Å². The summed E-state index contributed by atoms with van der Waals surface area (Å²) in [7, 11) is 1.89. The molecule has 3 N–H and O–H groups in total. The Balaban J connectivity index is 0.000000391. The number of benzene rings is 1. The number of aromatic nitrogens is 3. The van der Waals surface area contributed by atoms with Crippen LogP contribution in [0.5, 0.6) is 0 Å². The molecule has 3 aliphatic rings. The van der Waals surface area contributed by atoms with Gasteiger partial charge in [-0.2, -0.15) is 5.10 Å². The molecule has 1 aromatic carbocycles. The lowest BCUT2D eigenvalue weighted by molar-refractivity contribution is 0.0721. The number of nitrogens with one attached hydrogen (secondary N) is 1. The lowest BCUT2D eigenvalue weighted by Crippen LogP contribution is -2.36. The molecule has 0 saturated carbocycles. The van der Waals surface area contributed by atoms with E-state index >= 15 is 4.39 Å². The van der Waals surface area contributed by atoms with Crippen LogP contribution in [0, 0.1) is 5.82 Å². The Labute approximate surface area is 215 Å². The maximum atomic E-state index is 15.7. The largest absolute Gasteiger partial charge is 0.398 e. The van der Waals surface area contributed by atoms with E-state index in [1.54, 1.807) is 34.1 Å². The number of allylic oxidation sites excluding steroid dienone is 2. The molecule has 0 radical (unpaired) electrons. The van der Waals surface area contributed by atoms with Gasteiger partial charge in [-0.05, 0) is 50.3 Å². The molecule has 36 heavy (non-hydrogen) atoms. The highest BCUT2D eigenvalue weighted by Crippen LogP contribution is 2.50. The van der Waals surface area contributed by atoms with Gasteiger partial charge in [-0.25, -0.2) is 9.37 Å². The fraction of sp³-hybridized carbons (Fsp3) is 0.370. The number of halogens is 2. The molecule has 9 heteroatoms. The average molecular weight is 509 g/mol. The Kier molecular flexibility index (Phi) is 6.71. The molecule has 7 nitrogen and oxygen atoms in total. The van der Waals surface area contributed by atoms with Gasteiger partial charge in [0, 0.05) is 73.1 Å². The molecule has 1 saturated heterocycles. The zero-order valence-electron chi connectivity index (χ0n) is 20.3. The number of nitrogens with zero attached hydrogens (tertiary/aromatic N) is 4. The van der Waals surface area contributed by atoms with Gasteiger partial charge in [-0.3, -0.25) is 9.48 Å².